The zero-order chi connectivity index (χ0) is 11.7. The zero-order valence-electron chi connectivity index (χ0n) is 10.0. The Labute approximate surface area is 140 Å². The molecule has 0 spiro atoms. The third-order valence-electron chi connectivity index (χ3n) is 2.70. The van der Waals surface area contributed by atoms with E-state index in [1.807, 2.05) is 13.8 Å². The first kappa shape index (κ1) is 17.6. The van der Waals surface area contributed by atoms with Crippen molar-refractivity contribution in [3.8, 4) is 0 Å². The molecule has 0 saturated carbocycles. The van der Waals surface area contributed by atoms with Crippen molar-refractivity contribution in [1.29, 1.82) is 0 Å². The summed E-state index contributed by atoms with van der Waals surface area (Å²) in [5, 5.41) is 0. The van der Waals surface area contributed by atoms with E-state index in [1.54, 1.807) is 0 Å². The van der Waals surface area contributed by atoms with Crippen LogP contribution in [0, 0.1) is 0 Å². The van der Waals surface area contributed by atoms with Gasteiger partial charge in [0.25, 0.3) is 0 Å². The number of nitrogens with zero attached hydrogens (tertiary/aromatic N) is 1. The van der Waals surface area contributed by atoms with Crippen LogP contribution >= 0.6 is 0 Å². The van der Waals surface area contributed by atoms with Crippen molar-refractivity contribution in [3.63, 3.8) is 0 Å². The molecular weight excluding hydrogens is 265 g/mol. The molecule has 1 heterocycles. The molecule has 2 nitrogen and oxygen atoms in total. The van der Waals surface area contributed by atoms with Gasteiger partial charge in [0.15, 0.2) is 0 Å². The summed E-state index contributed by atoms with van der Waals surface area (Å²) in [6, 6.07) is 0. The fourth-order valence-corrected chi connectivity index (χ4v) is 2.91. The van der Waals surface area contributed by atoms with E-state index < -0.39 is 24.2 Å². The monoisotopic (exact) mass is 281 g/mol. The number of hydrogen-bond donors (Lipinski definition) is 0. The van der Waals surface area contributed by atoms with Crippen LogP contribution in [0.1, 0.15) is 20.3 Å². The van der Waals surface area contributed by atoms with Gasteiger partial charge in [-0.3, -0.25) is 4.21 Å². The molecule has 0 aromatic heterocycles. The molecule has 1 unspecified atom stereocenters. The Morgan fingerprint density at radius 3 is 2.38 bits per heavy atom. The van der Waals surface area contributed by atoms with Gasteiger partial charge in [0.1, 0.15) is 0 Å². The summed E-state index contributed by atoms with van der Waals surface area (Å²) in [6.07, 6.45) is -0.265. The molecule has 1 rings (SSSR count). The topological polar surface area (TPSA) is 20.3 Å². The second-order valence-corrected chi connectivity index (χ2v) is 6.77. The van der Waals surface area contributed by atoms with Crippen molar-refractivity contribution in [1.82, 2.24) is 4.90 Å². The minimum atomic E-state index is -4.76. The molecule has 90 valence electrons. The van der Waals surface area contributed by atoms with Gasteiger partial charge in [0, 0.05) is 27.8 Å². The quantitative estimate of drug-likeness (QED) is 0.581. The number of hydrogen-bond acceptors (Lipinski definition) is 2. The Hall–Kier alpha value is 1.60. The van der Waals surface area contributed by atoms with Crippen molar-refractivity contribution in [2.45, 2.75) is 25.0 Å². The third-order valence-corrected chi connectivity index (χ3v) is 4.69. The van der Waals surface area contributed by atoms with Crippen LogP contribution in [0.15, 0.2) is 0 Å². The maximum atomic E-state index is 12.2. The zero-order valence-corrected chi connectivity index (χ0v) is 14.0. The van der Waals surface area contributed by atoms with Gasteiger partial charge in [-0.25, -0.2) is 0 Å². The van der Waals surface area contributed by atoms with E-state index >= 15 is 0 Å². The molecule has 0 aromatic rings. The van der Waals surface area contributed by atoms with Crippen LogP contribution in [0.5, 0.6) is 0 Å². The van der Waals surface area contributed by atoms with E-state index in [9.17, 15) is 17.2 Å². The Balaban J connectivity index is 0.00000225. The van der Waals surface area contributed by atoms with Gasteiger partial charge in [-0.15, -0.1) is 0 Å². The predicted octanol–water partition coefficient (Wildman–Crippen LogP) is -1.39. The van der Waals surface area contributed by atoms with E-state index in [-0.39, 0.29) is 62.7 Å². The molecule has 0 aliphatic carbocycles. The minimum absolute atomic E-state index is 0. The van der Waals surface area contributed by atoms with Crippen molar-refractivity contribution in [2.75, 3.05) is 25.3 Å². The third kappa shape index (κ3) is 5.97. The molecule has 0 bridgehead atoms. The molecular formula is C8H16BF3KNOS. The van der Waals surface area contributed by atoms with Crippen LogP contribution in [0.3, 0.4) is 0 Å². The molecule has 1 fully saturated rings. The summed E-state index contributed by atoms with van der Waals surface area (Å²) >= 11 is 0. The Bertz CT molecular complexity index is 262. The summed E-state index contributed by atoms with van der Waals surface area (Å²) in [7, 11) is -1.02. The van der Waals surface area contributed by atoms with Gasteiger partial charge >= 0.3 is 58.4 Å². The largest absolute Gasteiger partial charge is 1.00 e. The smallest absolute Gasteiger partial charge is 0.448 e. The van der Waals surface area contributed by atoms with Crippen molar-refractivity contribution < 1.29 is 68.5 Å². The normalized spacial score (nSPS) is 26.9. The van der Waals surface area contributed by atoms with Gasteiger partial charge < -0.3 is 17.8 Å². The summed E-state index contributed by atoms with van der Waals surface area (Å²) in [5.74, 6) is 0.346. The average molecular weight is 281 g/mol. The molecule has 0 aromatic carbocycles. The fourth-order valence-electron chi connectivity index (χ4n) is 1.62. The summed E-state index contributed by atoms with van der Waals surface area (Å²) in [5.41, 5.74) is 0. The maximum absolute atomic E-state index is 12.2. The van der Waals surface area contributed by atoms with E-state index in [0.29, 0.717) is 18.7 Å². The van der Waals surface area contributed by atoms with Gasteiger partial charge in [0.05, 0.1) is 0 Å². The van der Waals surface area contributed by atoms with E-state index in [2.05, 4.69) is 0 Å². The van der Waals surface area contributed by atoms with Crippen LogP contribution in [-0.2, 0) is 10.8 Å². The SMILES string of the molecule is CC1(C)CCN(C[B-](F)(F)F)CCS1=O.[K+]. The maximum Gasteiger partial charge on any atom is 1.00 e. The van der Waals surface area contributed by atoms with E-state index in [0.717, 1.165) is 0 Å². The number of rotatable bonds is 2. The second-order valence-electron chi connectivity index (χ2n) is 4.57. The predicted molar refractivity (Wildman–Crippen MR) is 57.2 cm³/mol. The summed E-state index contributed by atoms with van der Waals surface area (Å²) < 4.78 is 47.9. The molecule has 16 heavy (non-hydrogen) atoms. The average Bonchev–Trinajstić information content (AvgIpc) is 2.16. The number of halogens is 3. The first-order valence-electron chi connectivity index (χ1n) is 5.02. The van der Waals surface area contributed by atoms with E-state index in [1.165, 1.54) is 4.90 Å². The first-order valence-corrected chi connectivity index (χ1v) is 6.34. The minimum Gasteiger partial charge on any atom is -0.448 e. The van der Waals surface area contributed by atoms with Crippen LogP contribution in [0.2, 0.25) is 0 Å². The van der Waals surface area contributed by atoms with Gasteiger partial charge in [0.2, 0.25) is 0 Å². The summed E-state index contributed by atoms with van der Waals surface area (Å²) in [4.78, 5) is 1.37. The van der Waals surface area contributed by atoms with Crippen LogP contribution in [0.25, 0.3) is 0 Å². The first-order chi connectivity index (χ1) is 6.71. The van der Waals surface area contributed by atoms with Crippen molar-refractivity contribution in [2.24, 2.45) is 0 Å². The van der Waals surface area contributed by atoms with E-state index in [4.69, 9.17) is 0 Å². The van der Waals surface area contributed by atoms with Crippen LogP contribution in [0.4, 0.5) is 12.9 Å². The molecule has 1 aliphatic heterocycles. The summed E-state index contributed by atoms with van der Waals surface area (Å²) in [6.45, 7) is -0.382. The Kier molecular flexibility index (Phi) is 7.34. The van der Waals surface area contributed by atoms with Gasteiger partial charge in [-0.05, 0) is 33.3 Å². The van der Waals surface area contributed by atoms with Gasteiger partial charge in [-0.1, -0.05) is 0 Å². The molecule has 1 saturated heterocycles. The standard InChI is InChI=1S/C8H16BF3NOS.K/c1-8(2)3-4-13(5-6-15(8)14)7-9(10,11)12;/h3-7H2,1-2H3;/q-1;+1. The molecule has 0 N–H and O–H groups in total. The molecule has 1 atom stereocenters. The fraction of sp³-hybridized carbons (Fsp3) is 1.00. The molecule has 0 radical (unpaired) electrons. The van der Waals surface area contributed by atoms with Gasteiger partial charge in [-0.2, -0.15) is 0 Å². The van der Waals surface area contributed by atoms with Crippen LogP contribution < -0.4 is 51.4 Å². The van der Waals surface area contributed by atoms with Crippen LogP contribution in [-0.4, -0.2) is 46.1 Å². The second kappa shape index (κ2) is 6.68. The molecule has 0 amide bonds. The Morgan fingerprint density at radius 2 is 1.88 bits per heavy atom. The Morgan fingerprint density at radius 1 is 1.31 bits per heavy atom. The van der Waals surface area contributed by atoms with Crippen molar-refractivity contribution in [3.05, 3.63) is 0 Å². The molecule has 8 heteroatoms. The molecule has 1 aliphatic rings. The van der Waals surface area contributed by atoms with Crippen molar-refractivity contribution >= 4 is 17.8 Å².